The Kier molecular flexibility index (Phi) is 8.35. The summed E-state index contributed by atoms with van der Waals surface area (Å²) in [4.78, 5) is 20.3. The molecule has 0 radical (unpaired) electrons. The number of nitrogens with zero attached hydrogens (tertiary/aromatic N) is 2. The lowest BCUT2D eigenvalue weighted by molar-refractivity contribution is 0.0897. The van der Waals surface area contributed by atoms with Crippen molar-refractivity contribution < 1.29 is 9.22 Å². The van der Waals surface area contributed by atoms with Crippen molar-refractivity contribution in [2.45, 2.75) is 32.0 Å². The fraction of sp³-hybridized carbons (Fsp3) is 0.207. The van der Waals surface area contributed by atoms with Crippen LogP contribution in [0.5, 0.6) is 0 Å². The molecule has 36 heavy (non-hydrogen) atoms. The summed E-state index contributed by atoms with van der Waals surface area (Å²) in [7, 11) is -1.98. The average molecular weight is 514 g/mol. The zero-order valence-corrected chi connectivity index (χ0v) is 23.0. The average Bonchev–Trinajstić information content (AvgIpc) is 2.89. The molecule has 4 rings (SSSR count). The molecule has 3 aromatic carbocycles. The van der Waals surface area contributed by atoms with Crippen molar-refractivity contribution in [2.24, 2.45) is 5.41 Å². The van der Waals surface area contributed by atoms with Crippen molar-refractivity contribution in [1.82, 2.24) is 9.97 Å². The van der Waals surface area contributed by atoms with Gasteiger partial charge >= 0.3 is 0 Å². The fourth-order valence-corrected chi connectivity index (χ4v) is 7.12. The van der Waals surface area contributed by atoms with Crippen molar-refractivity contribution in [2.75, 3.05) is 11.6 Å². The molecule has 7 heteroatoms. The molecule has 5 nitrogen and oxygen atoms in total. The van der Waals surface area contributed by atoms with E-state index in [0.29, 0.717) is 16.5 Å². The third-order valence-electron chi connectivity index (χ3n) is 5.82. The molecule has 0 aliphatic heterocycles. The van der Waals surface area contributed by atoms with Crippen LogP contribution >= 0.6 is 11.8 Å². The topological polar surface area (TPSA) is 64.1 Å². The van der Waals surface area contributed by atoms with Crippen LogP contribution in [0.4, 0.5) is 11.5 Å². The molecule has 184 valence electrons. The Morgan fingerprint density at radius 2 is 1.58 bits per heavy atom. The number of rotatable bonds is 9. The van der Waals surface area contributed by atoms with Crippen LogP contribution in [-0.2, 0) is 4.43 Å². The molecular weight excluding hydrogens is 482 g/mol. The maximum Gasteiger partial charge on any atom is 0.240 e. The van der Waals surface area contributed by atoms with E-state index in [1.54, 1.807) is 6.20 Å². The Labute approximate surface area is 219 Å². The minimum absolute atomic E-state index is 0.144. The predicted octanol–water partition coefficient (Wildman–Crippen LogP) is 5.40. The number of aromatic nitrogens is 2. The van der Waals surface area contributed by atoms with E-state index in [-0.39, 0.29) is 11.5 Å². The second-order valence-corrected chi connectivity index (χ2v) is 12.8. The Bertz CT molecular complexity index is 1260. The second-order valence-electron chi connectivity index (χ2n) is 9.61. The first-order chi connectivity index (χ1) is 17.4. The van der Waals surface area contributed by atoms with Gasteiger partial charge in [0.05, 0.1) is 11.7 Å². The van der Waals surface area contributed by atoms with Crippen LogP contribution in [0.1, 0.15) is 42.8 Å². The number of carbonyl (C=O) groups is 1. The Morgan fingerprint density at radius 1 is 0.944 bits per heavy atom. The quantitative estimate of drug-likeness (QED) is 0.140. The highest BCUT2D eigenvalue weighted by Gasteiger charge is 2.32. The molecule has 4 aromatic rings. The van der Waals surface area contributed by atoms with Crippen molar-refractivity contribution in [3.05, 3.63) is 102 Å². The molecule has 0 amide bonds. The van der Waals surface area contributed by atoms with Gasteiger partial charge in [-0.25, -0.2) is 9.97 Å². The number of thioether (sulfide) groups is 1. The van der Waals surface area contributed by atoms with Gasteiger partial charge in [-0.2, -0.15) is 0 Å². The maximum atomic E-state index is 11.6. The summed E-state index contributed by atoms with van der Waals surface area (Å²) >= 11 is 1.43. The minimum atomic E-state index is -1.98. The number of carbonyl (C=O) groups excluding carboxylic acids is 1. The van der Waals surface area contributed by atoms with Crippen molar-refractivity contribution in [3.63, 3.8) is 0 Å². The summed E-state index contributed by atoms with van der Waals surface area (Å²) in [6.45, 7) is 6.62. The molecule has 0 saturated carbocycles. The highest BCUT2D eigenvalue weighted by atomic mass is 32.2. The van der Waals surface area contributed by atoms with Crippen molar-refractivity contribution in [1.29, 1.82) is 0 Å². The number of hydrogen-bond donors (Lipinski definition) is 1. The zero-order valence-electron chi connectivity index (χ0n) is 21.0. The summed E-state index contributed by atoms with van der Waals surface area (Å²) in [6.07, 6.45) is 4.09. The Balaban J connectivity index is 1.70. The summed E-state index contributed by atoms with van der Waals surface area (Å²) in [6, 6.07) is 29.2. The van der Waals surface area contributed by atoms with Crippen LogP contribution in [0, 0.1) is 5.41 Å². The first-order valence-electron chi connectivity index (χ1n) is 11.9. The van der Waals surface area contributed by atoms with Gasteiger partial charge in [0.1, 0.15) is 5.82 Å². The van der Waals surface area contributed by atoms with Crippen LogP contribution in [0.15, 0.2) is 96.3 Å². The molecule has 0 saturated heterocycles. The molecular formula is C29H31N3O2SSi. The predicted molar refractivity (Wildman–Crippen MR) is 152 cm³/mol. The monoisotopic (exact) mass is 513 g/mol. The maximum absolute atomic E-state index is 11.6. The van der Waals surface area contributed by atoms with Gasteiger partial charge in [-0.15, -0.1) is 0 Å². The third-order valence-corrected chi connectivity index (χ3v) is 8.91. The SMILES string of the molecule is CSc1ncc(C=O)c(Nc2cccc(C(O[SiH](c3ccccc3)c3ccccc3)C(C)(C)C)c2)n1. The van der Waals surface area contributed by atoms with Gasteiger partial charge in [-0.3, -0.25) is 4.79 Å². The Morgan fingerprint density at radius 3 is 2.14 bits per heavy atom. The third kappa shape index (κ3) is 6.29. The smallest absolute Gasteiger partial charge is 0.240 e. The van der Waals surface area contributed by atoms with Crippen LogP contribution < -0.4 is 15.7 Å². The van der Waals surface area contributed by atoms with E-state index in [2.05, 4.69) is 96.7 Å². The van der Waals surface area contributed by atoms with E-state index in [4.69, 9.17) is 4.43 Å². The second kappa shape index (κ2) is 11.6. The first-order valence-corrected chi connectivity index (χ1v) is 14.7. The largest absolute Gasteiger partial charge is 0.403 e. The van der Waals surface area contributed by atoms with E-state index < -0.39 is 9.04 Å². The molecule has 1 N–H and O–H groups in total. The van der Waals surface area contributed by atoms with Crippen LogP contribution in [0.3, 0.4) is 0 Å². The van der Waals surface area contributed by atoms with Gasteiger partial charge in [0.25, 0.3) is 0 Å². The van der Waals surface area contributed by atoms with Gasteiger partial charge in [0.2, 0.25) is 9.04 Å². The minimum Gasteiger partial charge on any atom is -0.403 e. The molecule has 0 aliphatic rings. The molecule has 1 unspecified atom stereocenters. The Hall–Kier alpha value is -3.26. The van der Waals surface area contributed by atoms with Crippen molar-refractivity contribution in [3.8, 4) is 0 Å². The number of nitrogens with one attached hydrogen (secondary N) is 1. The number of anilines is 2. The van der Waals surface area contributed by atoms with E-state index in [9.17, 15) is 4.79 Å². The van der Waals surface area contributed by atoms with Gasteiger partial charge in [-0.05, 0) is 39.7 Å². The van der Waals surface area contributed by atoms with Crippen molar-refractivity contribution >= 4 is 49.0 Å². The van der Waals surface area contributed by atoms with Gasteiger partial charge in [0, 0.05) is 11.9 Å². The molecule has 1 aromatic heterocycles. The highest BCUT2D eigenvalue weighted by molar-refractivity contribution is 7.98. The summed E-state index contributed by atoms with van der Waals surface area (Å²) in [5.41, 5.74) is 2.19. The van der Waals surface area contributed by atoms with E-state index >= 15 is 0 Å². The molecule has 0 fully saturated rings. The van der Waals surface area contributed by atoms with E-state index in [1.807, 2.05) is 30.5 Å². The lowest BCUT2D eigenvalue weighted by atomic mass is 9.85. The lowest BCUT2D eigenvalue weighted by Gasteiger charge is -2.35. The summed E-state index contributed by atoms with van der Waals surface area (Å²) in [5.74, 6) is 0.496. The standard InChI is InChI=1S/C29H31N3O2SSi/c1-29(2,3)26(34-36(24-14-7-5-8-15-24)25-16-9-6-10-17-25)21-12-11-13-23(18-21)31-27-22(20-33)19-30-28(32-27)35-4/h5-20,26,36H,1-4H3,(H,30,31,32). The number of benzene rings is 3. The molecule has 1 heterocycles. The van der Waals surface area contributed by atoms with E-state index in [0.717, 1.165) is 17.5 Å². The fourth-order valence-electron chi connectivity index (χ4n) is 4.10. The normalized spacial score (nSPS) is 12.4. The summed E-state index contributed by atoms with van der Waals surface area (Å²) < 4.78 is 7.09. The van der Waals surface area contributed by atoms with Gasteiger partial charge in [-0.1, -0.05) is 105 Å². The molecule has 1 atom stereocenters. The van der Waals surface area contributed by atoms with E-state index in [1.165, 1.54) is 22.1 Å². The molecule has 0 spiro atoms. The zero-order chi connectivity index (χ0) is 25.5. The number of hydrogen-bond acceptors (Lipinski definition) is 6. The molecule has 0 aliphatic carbocycles. The lowest BCUT2D eigenvalue weighted by Crippen LogP contribution is -2.47. The van der Waals surface area contributed by atoms with Gasteiger partial charge in [0.15, 0.2) is 11.4 Å². The van der Waals surface area contributed by atoms with Crippen LogP contribution in [0.25, 0.3) is 0 Å². The van der Waals surface area contributed by atoms with Gasteiger partial charge < -0.3 is 9.74 Å². The summed E-state index contributed by atoms with van der Waals surface area (Å²) in [5, 5.41) is 6.42. The van der Waals surface area contributed by atoms with Crippen LogP contribution in [-0.4, -0.2) is 31.6 Å². The highest BCUT2D eigenvalue weighted by Crippen LogP contribution is 2.37. The number of aldehydes is 1. The first kappa shape index (κ1) is 25.8. The van der Waals surface area contributed by atoms with Crippen LogP contribution in [0.2, 0.25) is 0 Å². The molecule has 0 bridgehead atoms.